The Labute approximate surface area is 177 Å². The Morgan fingerprint density at radius 1 is 1.07 bits per heavy atom. The number of allylic oxidation sites excluding steroid dienone is 1. The number of hydrogen-bond donors (Lipinski definition) is 2. The molecule has 0 radical (unpaired) electrons. The molecular formula is C20H18BrN3O4S. The Morgan fingerprint density at radius 3 is 2.31 bits per heavy atom. The second-order valence-electron chi connectivity index (χ2n) is 6.20. The second kappa shape index (κ2) is 8.62. The maximum absolute atomic E-state index is 12.5. The Balaban J connectivity index is 1.64. The van der Waals surface area contributed by atoms with Crippen molar-refractivity contribution >= 4 is 43.3 Å². The molecule has 3 rings (SSSR count). The lowest BCUT2D eigenvalue weighted by Crippen LogP contribution is -2.13. The third kappa shape index (κ3) is 5.12. The first-order chi connectivity index (χ1) is 13.8. The zero-order chi connectivity index (χ0) is 21.0. The van der Waals surface area contributed by atoms with E-state index in [9.17, 15) is 13.2 Å². The van der Waals surface area contributed by atoms with E-state index < -0.39 is 10.0 Å². The van der Waals surface area contributed by atoms with Gasteiger partial charge in [-0.15, -0.1) is 0 Å². The minimum Gasteiger partial charge on any atom is -0.362 e. The number of nitrogens with zero attached hydrogens (tertiary/aromatic N) is 1. The van der Waals surface area contributed by atoms with Gasteiger partial charge in [0.25, 0.3) is 10.0 Å². The molecule has 7 nitrogen and oxygen atoms in total. The molecule has 1 aromatic heterocycles. The van der Waals surface area contributed by atoms with Crippen LogP contribution >= 0.6 is 15.9 Å². The number of hydrogen-bond acceptors (Lipinski definition) is 6. The number of sulfonamides is 1. The van der Waals surface area contributed by atoms with Gasteiger partial charge in [0.05, 0.1) is 10.6 Å². The molecule has 0 fully saturated rings. The van der Waals surface area contributed by atoms with Crippen LogP contribution in [0.1, 0.15) is 21.6 Å². The van der Waals surface area contributed by atoms with Crippen LogP contribution in [0.25, 0.3) is 0 Å². The number of nitrogens with one attached hydrogen (secondary N) is 2. The first-order valence-corrected chi connectivity index (χ1v) is 10.8. The van der Waals surface area contributed by atoms with E-state index in [4.69, 9.17) is 4.52 Å². The standard InChI is InChI=1S/C20H18BrN3O4S/c1-13-14(2)23-28-20(13)24-29(26,27)18-9-7-17(8-10-18)22-12-11-19(25)15-3-5-16(21)6-4-15/h3-12,22,24H,1-2H3. The maximum Gasteiger partial charge on any atom is 0.264 e. The van der Waals surface area contributed by atoms with Crippen LogP contribution in [-0.4, -0.2) is 19.4 Å². The molecule has 0 aliphatic carbocycles. The molecule has 0 bridgehead atoms. The number of carbonyl (C=O) groups is 1. The highest BCUT2D eigenvalue weighted by atomic mass is 79.9. The molecule has 3 aromatic rings. The lowest BCUT2D eigenvalue weighted by molar-refractivity contribution is 0.104. The van der Waals surface area contributed by atoms with Crippen molar-refractivity contribution in [2.24, 2.45) is 0 Å². The molecule has 0 unspecified atom stereocenters. The molecule has 0 amide bonds. The highest BCUT2D eigenvalue weighted by molar-refractivity contribution is 9.10. The molecule has 2 aromatic carbocycles. The van der Waals surface area contributed by atoms with Crippen molar-refractivity contribution in [3.63, 3.8) is 0 Å². The summed E-state index contributed by atoms with van der Waals surface area (Å²) in [6, 6.07) is 13.1. The van der Waals surface area contributed by atoms with Crippen molar-refractivity contribution < 1.29 is 17.7 Å². The summed E-state index contributed by atoms with van der Waals surface area (Å²) < 4.78 is 33.2. The maximum atomic E-state index is 12.5. The highest BCUT2D eigenvalue weighted by Gasteiger charge is 2.19. The summed E-state index contributed by atoms with van der Waals surface area (Å²) in [5.74, 6) is -0.0507. The molecule has 29 heavy (non-hydrogen) atoms. The molecule has 0 saturated carbocycles. The van der Waals surface area contributed by atoms with E-state index >= 15 is 0 Å². The zero-order valence-corrected chi connectivity index (χ0v) is 18.0. The van der Waals surface area contributed by atoms with E-state index in [1.54, 1.807) is 50.2 Å². The highest BCUT2D eigenvalue weighted by Crippen LogP contribution is 2.22. The molecule has 0 aliphatic rings. The molecular weight excluding hydrogens is 458 g/mol. The lowest BCUT2D eigenvalue weighted by Gasteiger charge is -2.07. The van der Waals surface area contributed by atoms with Gasteiger partial charge < -0.3 is 9.84 Å². The van der Waals surface area contributed by atoms with Crippen LogP contribution in [0.5, 0.6) is 0 Å². The summed E-state index contributed by atoms with van der Waals surface area (Å²) in [6.07, 6.45) is 2.91. The zero-order valence-electron chi connectivity index (χ0n) is 15.6. The number of carbonyl (C=O) groups excluding carboxylic acids is 1. The molecule has 1 heterocycles. The van der Waals surface area contributed by atoms with Crippen molar-refractivity contribution in [3.8, 4) is 0 Å². The Bertz CT molecular complexity index is 1150. The van der Waals surface area contributed by atoms with E-state index in [0.29, 0.717) is 22.5 Å². The average Bonchev–Trinajstić information content (AvgIpc) is 3.00. The molecule has 9 heteroatoms. The van der Waals surface area contributed by atoms with E-state index in [1.807, 2.05) is 0 Å². The number of benzene rings is 2. The van der Waals surface area contributed by atoms with Gasteiger partial charge in [-0.2, -0.15) is 0 Å². The van der Waals surface area contributed by atoms with Gasteiger partial charge in [0.1, 0.15) is 0 Å². The predicted octanol–water partition coefficient (Wildman–Crippen LogP) is 4.66. The summed E-state index contributed by atoms with van der Waals surface area (Å²) in [4.78, 5) is 12.2. The van der Waals surface area contributed by atoms with Crippen LogP contribution in [0.15, 0.2) is 74.7 Å². The van der Waals surface area contributed by atoms with Crippen LogP contribution in [0.2, 0.25) is 0 Å². The summed E-state index contributed by atoms with van der Waals surface area (Å²) in [6.45, 7) is 3.45. The van der Waals surface area contributed by atoms with Gasteiger partial charge in [0, 0.05) is 33.6 Å². The van der Waals surface area contributed by atoms with Crippen molar-refractivity contribution in [2.75, 3.05) is 10.0 Å². The largest absolute Gasteiger partial charge is 0.362 e. The normalized spacial score (nSPS) is 11.6. The minimum absolute atomic E-state index is 0.0754. The molecule has 0 aliphatic heterocycles. The fourth-order valence-corrected chi connectivity index (χ4v) is 3.66. The Kier molecular flexibility index (Phi) is 6.19. The van der Waals surface area contributed by atoms with Crippen LogP contribution in [0.3, 0.4) is 0 Å². The van der Waals surface area contributed by atoms with Crippen LogP contribution in [0.4, 0.5) is 11.6 Å². The summed E-state index contributed by atoms with van der Waals surface area (Å²) in [5.41, 5.74) is 2.45. The first-order valence-electron chi connectivity index (χ1n) is 8.55. The van der Waals surface area contributed by atoms with Crippen molar-refractivity contribution in [3.05, 3.63) is 82.1 Å². The topological polar surface area (TPSA) is 101 Å². The van der Waals surface area contributed by atoms with Gasteiger partial charge >= 0.3 is 0 Å². The minimum atomic E-state index is -3.80. The van der Waals surface area contributed by atoms with Crippen molar-refractivity contribution in [2.45, 2.75) is 18.7 Å². The van der Waals surface area contributed by atoms with E-state index in [0.717, 1.165) is 4.47 Å². The number of aryl methyl sites for hydroxylation is 1. The number of ketones is 1. The SMILES string of the molecule is Cc1noc(NS(=O)(=O)c2ccc(NC=CC(=O)c3ccc(Br)cc3)cc2)c1C. The van der Waals surface area contributed by atoms with Gasteiger partial charge in [0.2, 0.25) is 5.88 Å². The number of halogens is 1. The third-order valence-corrected chi connectivity index (χ3v) is 6.04. The summed E-state index contributed by atoms with van der Waals surface area (Å²) in [7, 11) is -3.80. The first kappa shape index (κ1) is 20.8. The number of rotatable bonds is 7. The third-order valence-electron chi connectivity index (χ3n) is 4.16. The van der Waals surface area contributed by atoms with Gasteiger partial charge in [-0.05, 0) is 62.4 Å². The fourth-order valence-electron chi connectivity index (χ4n) is 2.35. The van der Waals surface area contributed by atoms with E-state index in [-0.39, 0.29) is 16.6 Å². The quantitative estimate of drug-likeness (QED) is 0.380. The number of aromatic nitrogens is 1. The molecule has 150 valence electrons. The average molecular weight is 476 g/mol. The molecule has 2 N–H and O–H groups in total. The van der Waals surface area contributed by atoms with E-state index in [1.165, 1.54) is 24.4 Å². The van der Waals surface area contributed by atoms with Gasteiger partial charge in [-0.1, -0.05) is 21.1 Å². The predicted molar refractivity (Wildman–Crippen MR) is 114 cm³/mol. The van der Waals surface area contributed by atoms with Gasteiger partial charge in [-0.3, -0.25) is 4.79 Å². The molecule has 0 saturated heterocycles. The Hall–Kier alpha value is -2.91. The van der Waals surface area contributed by atoms with Crippen LogP contribution in [-0.2, 0) is 10.0 Å². The summed E-state index contributed by atoms with van der Waals surface area (Å²) in [5, 5.41) is 6.68. The lowest BCUT2D eigenvalue weighted by atomic mass is 10.1. The smallest absolute Gasteiger partial charge is 0.264 e. The molecule has 0 atom stereocenters. The van der Waals surface area contributed by atoms with Crippen LogP contribution in [0, 0.1) is 13.8 Å². The van der Waals surface area contributed by atoms with Crippen molar-refractivity contribution in [1.82, 2.24) is 5.16 Å². The van der Waals surface area contributed by atoms with Gasteiger partial charge in [-0.25, -0.2) is 13.1 Å². The van der Waals surface area contributed by atoms with Crippen molar-refractivity contribution in [1.29, 1.82) is 0 Å². The van der Waals surface area contributed by atoms with E-state index in [2.05, 4.69) is 31.1 Å². The summed E-state index contributed by atoms with van der Waals surface area (Å²) >= 11 is 3.32. The second-order valence-corrected chi connectivity index (χ2v) is 8.80. The van der Waals surface area contributed by atoms with Gasteiger partial charge in [0.15, 0.2) is 5.78 Å². The monoisotopic (exact) mass is 475 g/mol. The molecule has 0 spiro atoms. The fraction of sp³-hybridized carbons (Fsp3) is 0.100. The van der Waals surface area contributed by atoms with Crippen LogP contribution < -0.4 is 10.0 Å². The Morgan fingerprint density at radius 2 is 1.72 bits per heavy atom. The number of anilines is 2.